The second kappa shape index (κ2) is 3.44. The van der Waals surface area contributed by atoms with E-state index in [2.05, 4.69) is 5.32 Å². The van der Waals surface area contributed by atoms with Crippen LogP contribution in [-0.2, 0) is 9.59 Å². The molecular formula is C11H10N2O3. The zero-order chi connectivity index (χ0) is 11.9. The molecule has 0 saturated heterocycles. The number of ketones is 1. The van der Waals surface area contributed by atoms with E-state index in [0.29, 0.717) is 11.4 Å². The highest BCUT2D eigenvalue weighted by molar-refractivity contribution is 6.53. The smallest absolute Gasteiger partial charge is 0.299 e. The highest BCUT2D eigenvalue weighted by Crippen LogP contribution is 2.33. The number of carbonyl (C=O) groups excluding carboxylic acids is 3. The average Bonchev–Trinajstić information content (AvgIpc) is 2.44. The first-order valence-electron chi connectivity index (χ1n) is 4.75. The van der Waals surface area contributed by atoms with Gasteiger partial charge >= 0.3 is 0 Å². The predicted octanol–water partition coefficient (Wildman–Crippen LogP) is 0.804. The summed E-state index contributed by atoms with van der Waals surface area (Å²) in [4.78, 5) is 35.4. The molecule has 1 aliphatic heterocycles. The van der Waals surface area contributed by atoms with Crippen LogP contribution < -0.4 is 10.2 Å². The number of nitrogens with zero attached hydrogens (tertiary/aromatic N) is 1. The van der Waals surface area contributed by atoms with E-state index in [4.69, 9.17) is 0 Å². The van der Waals surface area contributed by atoms with Crippen molar-refractivity contribution < 1.29 is 14.4 Å². The van der Waals surface area contributed by atoms with E-state index >= 15 is 0 Å². The summed E-state index contributed by atoms with van der Waals surface area (Å²) in [6.07, 6.45) is 0. The zero-order valence-electron chi connectivity index (χ0n) is 8.90. The number of rotatable bonds is 1. The third-order valence-electron chi connectivity index (χ3n) is 2.44. The van der Waals surface area contributed by atoms with Crippen LogP contribution in [0, 0.1) is 0 Å². The average molecular weight is 218 g/mol. The molecule has 1 aliphatic rings. The van der Waals surface area contributed by atoms with Crippen LogP contribution in [0.4, 0.5) is 11.4 Å². The van der Waals surface area contributed by atoms with Gasteiger partial charge in [-0.2, -0.15) is 0 Å². The molecule has 1 heterocycles. The maximum atomic E-state index is 11.7. The van der Waals surface area contributed by atoms with Crippen LogP contribution in [0.1, 0.15) is 17.3 Å². The zero-order valence-corrected chi connectivity index (χ0v) is 8.90. The molecule has 0 fully saturated rings. The van der Waals surface area contributed by atoms with E-state index in [-0.39, 0.29) is 11.5 Å². The maximum absolute atomic E-state index is 11.7. The summed E-state index contributed by atoms with van der Waals surface area (Å²) in [5, 5.41) is 2.54. The maximum Gasteiger partial charge on any atom is 0.299 e. The fourth-order valence-corrected chi connectivity index (χ4v) is 1.72. The molecule has 0 bridgehead atoms. The molecular weight excluding hydrogens is 208 g/mol. The third-order valence-corrected chi connectivity index (χ3v) is 2.44. The van der Waals surface area contributed by atoms with Crippen LogP contribution in [0.5, 0.6) is 0 Å². The lowest BCUT2D eigenvalue weighted by atomic mass is 10.1. The molecule has 5 heteroatoms. The lowest BCUT2D eigenvalue weighted by molar-refractivity contribution is -0.114. The van der Waals surface area contributed by atoms with E-state index in [9.17, 15) is 14.4 Å². The molecule has 2 rings (SSSR count). The van der Waals surface area contributed by atoms with E-state index < -0.39 is 11.7 Å². The Morgan fingerprint density at radius 2 is 2.00 bits per heavy atom. The van der Waals surface area contributed by atoms with E-state index in [1.54, 1.807) is 18.2 Å². The van der Waals surface area contributed by atoms with Crippen LogP contribution in [0.15, 0.2) is 18.2 Å². The van der Waals surface area contributed by atoms with Gasteiger partial charge in [-0.05, 0) is 12.1 Å². The number of nitrogens with one attached hydrogen (secondary N) is 1. The van der Waals surface area contributed by atoms with Gasteiger partial charge in [-0.1, -0.05) is 6.07 Å². The third kappa shape index (κ3) is 1.37. The van der Waals surface area contributed by atoms with Crippen molar-refractivity contribution in [2.24, 2.45) is 0 Å². The molecule has 0 spiro atoms. The molecule has 1 N–H and O–H groups in total. The highest BCUT2D eigenvalue weighted by Gasteiger charge is 2.35. The first-order valence-corrected chi connectivity index (χ1v) is 4.75. The van der Waals surface area contributed by atoms with Gasteiger partial charge in [-0.3, -0.25) is 14.4 Å². The number of hydrogen-bond acceptors (Lipinski definition) is 3. The van der Waals surface area contributed by atoms with Crippen molar-refractivity contribution in [1.82, 2.24) is 0 Å². The van der Waals surface area contributed by atoms with Crippen molar-refractivity contribution in [3.63, 3.8) is 0 Å². The lowest BCUT2D eigenvalue weighted by Gasteiger charge is -2.10. The van der Waals surface area contributed by atoms with Gasteiger partial charge in [0.15, 0.2) is 0 Å². The number of hydrogen-bond donors (Lipinski definition) is 1. The quantitative estimate of drug-likeness (QED) is 0.709. The van der Waals surface area contributed by atoms with Gasteiger partial charge in [0.05, 0.1) is 16.9 Å². The number of likely N-dealkylation sites (N-methyl/N-ethyl adjacent to an activating group) is 1. The SMILES string of the molecule is CC(=O)Nc1cccc2c1C(=O)C(=O)N2C. The van der Waals surface area contributed by atoms with Gasteiger partial charge < -0.3 is 10.2 Å². The van der Waals surface area contributed by atoms with Crippen molar-refractivity contribution in [2.75, 3.05) is 17.3 Å². The lowest BCUT2D eigenvalue weighted by Crippen LogP contribution is -2.24. The van der Waals surface area contributed by atoms with Gasteiger partial charge in [0.25, 0.3) is 11.7 Å². The summed E-state index contributed by atoms with van der Waals surface area (Å²) < 4.78 is 0. The normalized spacial score (nSPS) is 14.0. The van der Waals surface area contributed by atoms with Crippen molar-refractivity contribution >= 4 is 29.0 Å². The second-order valence-electron chi connectivity index (χ2n) is 3.57. The van der Waals surface area contributed by atoms with E-state index in [1.807, 2.05) is 0 Å². The molecule has 5 nitrogen and oxygen atoms in total. The predicted molar refractivity (Wildman–Crippen MR) is 58.5 cm³/mol. The second-order valence-corrected chi connectivity index (χ2v) is 3.57. The monoisotopic (exact) mass is 218 g/mol. The molecule has 0 atom stereocenters. The minimum absolute atomic E-state index is 0.269. The summed E-state index contributed by atoms with van der Waals surface area (Å²) in [6.45, 7) is 1.35. The Morgan fingerprint density at radius 3 is 2.62 bits per heavy atom. The van der Waals surface area contributed by atoms with Crippen molar-refractivity contribution in [3.8, 4) is 0 Å². The number of benzene rings is 1. The Morgan fingerprint density at radius 1 is 1.31 bits per heavy atom. The molecule has 1 aromatic carbocycles. The summed E-state index contributed by atoms with van der Waals surface area (Å²) in [7, 11) is 1.53. The van der Waals surface area contributed by atoms with Gasteiger partial charge in [0.1, 0.15) is 0 Å². The van der Waals surface area contributed by atoms with Gasteiger partial charge in [-0.25, -0.2) is 0 Å². The highest BCUT2D eigenvalue weighted by atomic mass is 16.2. The molecule has 0 aliphatic carbocycles. The van der Waals surface area contributed by atoms with E-state index in [0.717, 1.165) is 0 Å². The molecule has 0 aromatic heterocycles. The number of Topliss-reactive ketones (excluding diaryl/α,β-unsaturated/α-hetero) is 1. The summed E-state index contributed by atoms with van der Waals surface area (Å²) in [5.74, 6) is -1.43. The summed E-state index contributed by atoms with van der Waals surface area (Å²) in [5.41, 5.74) is 1.18. The molecule has 82 valence electrons. The Bertz CT molecular complexity index is 508. The minimum atomic E-state index is -0.582. The topological polar surface area (TPSA) is 66.5 Å². The summed E-state index contributed by atoms with van der Waals surface area (Å²) >= 11 is 0. The minimum Gasteiger partial charge on any atom is -0.326 e. The van der Waals surface area contributed by atoms with Crippen LogP contribution in [0.3, 0.4) is 0 Å². The molecule has 2 amide bonds. The molecule has 0 radical (unpaired) electrons. The summed E-state index contributed by atoms with van der Waals surface area (Å²) in [6, 6.07) is 4.96. The molecule has 1 aromatic rings. The number of carbonyl (C=O) groups is 3. The fourth-order valence-electron chi connectivity index (χ4n) is 1.72. The van der Waals surface area contributed by atoms with Crippen molar-refractivity contribution in [3.05, 3.63) is 23.8 Å². The first-order chi connectivity index (χ1) is 7.52. The van der Waals surface area contributed by atoms with E-state index in [1.165, 1.54) is 18.9 Å². The van der Waals surface area contributed by atoms with Crippen LogP contribution >= 0.6 is 0 Å². The van der Waals surface area contributed by atoms with Crippen LogP contribution in [0.25, 0.3) is 0 Å². The Labute approximate surface area is 92.0 Å². The van der Waals surface area contributed by atoms with Gasteiger partial charge in [0, 0.05) is 14.0 Å². The van der Waals surface area contributed by atoms with Gasteiger partial charge in [-0.15, -0.1) is 0 Å². The molecule has 0 unspecified atom stereocenters. The van der Waals surface area contributed by atoms with Crippen molar-refractivity contribution in [2.45, 2.75) is 6.92 Å². The molecule has 0 saturated carbocycles. The van der Waals surface area contributed by atoms with Gasteiger partial charge in [0.2, 0.25) is 5.91 Å². The fraction of sp³-hybridized carbons (Fsp3) is 0.182. The van der Waals surface area contributed by atoms with Crippen LogP contribution in [0.2, 0.25) is 0 Å². The van der Waals surface area contributed by atoms with Crippen LogP contribution in [-0.4, -0.2) is 24.6 Å². The standard InChI is InChI=1S/C11H10N2O3/c1-6(14)12-7-4-3-5-8-9(7)10(15)11(16)13(8)2/h3-5H,1-2H3,(H,12,14). The Balaban J connectivity index is 2.57. The number of anilines is 2. The molecule has 16 heavy (non-hydrogen) atoms. The van der Waals surface area contributed by atoms with Crippen molar-refractivity contribution in [1.29, 1.82) is 0 Å². The first kappa shape index (κ1) is 10.4. The Hall–Kier alpha value is -2.17. The number of amides is 2. The largest absolute Gasteiger partial charge is 0.326 e. The number of fused-ring (bicyclic) bond motifs is 1. The Kier molecular flexibility index (Phi) is 2.23.